The molecule has 72 valence electrons. The first kappa shape index (κ1) is 10.0. The molecular formula is C11H23N. The molecule has 1 rings (SSSR count). The predicted octanol–water partition coefficient (Wildman–Crippen LogP) is 2.91. The van der Waals surface area contributed by atoms with Crippen LogP contribution in [0, 0.1) is 5.92 Å². The summed E-state index contributed by atoms with van der Waals surface area (Å²) in [7, 11) is 2.28. The zero-order chi connectivity index (χ0) is 8.97. The van der Waals surface area contributed by atoms with Crippen molar-refractivity contribution in [1.82, 2.24) is 4.90 Å². The van der Waals surface area contributed by atoms with E-state index in [2.05, 4.69) is 25.8 Å². The van der Waals surface area contributed by atoms with Crippen molar-refractivity contribution in [3.8, 4) is 0 Å². The average molecular weight is 169 g/mol. The van der Waals surface area contributed by atoms with Crippen LogP contribution in [0.2, 0.25) is 0 Å². The molecule has 0 aromatic carbocycles. The molecule has 1 saturated heterocycles. The molecule has 0 saturated carbocycles. The van der Waals surface area contributed by atoms with Crippen molar-refractivity contribution in [2.45, 2.75) is 52.0 Å². The van der Waals surface area contributed by atoms with E-state index in [1.807, 2.05) is 0 Å². The van der Waals surface area contributed by atoms with Crippen LogP contribution in [0.4, 0.5) is 0 Å². The summed E-state index contributed by atoms with van der Waals surface area (Å²) in [6.45, 7) is 6.00. The number of hydrogen-bond donors (Lipinski definition) is 0. The molecule has 1 fully saturated rings. The molecule has 0 radical (unpaired) electrons. The van der Waals surface area contributed by atoms with E-state index in [4.69, 9.17) is 0 Å². The standard InChI is InChI=1S/C11H23N/c1-4-10(2)9-11-7-5-6-8-12(11)3/h10-11H,4-9H2,1-3H3. The van der Waals surface area contributed by atoms with Crippen LogP contribution in [0.15, 0.2) is 0 Å². The lowest BCUT2D eigenvalue weighted by atomic mass is 9.92. The molecule has 0 amide bonds. The fraction of sp³-hybridized carbons (Fsp3) is 1.00. The zero-order valence-corrected chi connectivity index (χ0v) is 8.84. The topological polar surface area (TPSA) is 3.24 Å². The monoisotopic (exact) mass is 169 g/mol. The SMILES string of the molecule is CCC(C)CC1CCCCN1C. The Morgan fingerprint density at radius 1 is 1.42 bits per heavy atom. The second-order valence-corrected chi connectivity index (χ2v) is 4.38. The van der Waals surface area contributed by atoms with Crippen LogP contribution in [-0.2, 0) is 0 Å². The summed E-state index contributed by atoms with van der Waals surface area (Å²) < 4.78 is 0. The van der Waals surface area contributed by atoms with Crippen molar-refractivity contribution in [2.24, 2.45) is 5.92 Å². The molecule has 0 spiro atoms. The lowest BCUT2D eigenvalue weighted by Gasteiger charge is -2.34. The maximum absolute atomic E-state index is 2.55. The third kappa shape index (κ3) is 2.78. The minimum atomic E-state index is 0.883. The van der Waals surface area contributed by atoms with E-state index in [1.165, 1.54) is 38.6 Å². The Kier molecular flexibility index (Phi) is 4.07. The van der Waals surface area contributed by atoms with Crippen molar-refractivity contribution in [3.63, 3.8) is 0 Å². The minimum absolute atomic E-state index is 0.883. The van der Waals surface area contributed by atoms with Crippen LogP contribution in [0.1, 0.15) is 46.0 Å². The molecule has 2 atom stereocenters. The van der Waals surface area contributed by atoms with E-state index in [-0.39, 0.29) is 0 Å². The highest BCUT2D eigenvalue weighted by Gasteiger charge is 2.19. The number of hydrogen-bond acceptors (Lipinski definition) is 1. The maximum atomic E-state index is 2.55. The van der Waals surface area contributed by atoms with Gasteiger partial charge in [-0.3, -0.25) is 0 Å². The lowest BCUT2D eigenvalue weighted by molar-refractivity contribution is 0.159. The molecular weight excluding hydrogens is 146 g/mol. The van der Waals surface area contributed by atoms with E-state index < -0.39 is 0 Å². The van der Waals surface area contributed by atoms with Crippen LogP contribution < -0.4 is 0 Å². The van der Waals surface area contributed by atoms with Crippen LogP contribution >= 0.6 is 0 Å². The Morgan fingerprint density at radius 2 is 2.17 bits per heavy atom. The molecule has 0 N–H and O–H groups in total. The molecule has 0 aliphatic carbocycles. The summed E-state index contributed by atoms with van der Waals surface area (Å²) >= 11 is 0. The van der Waals surface area contributed by atoms with Gasteiger partial charge in [0.25, 0.3) is 0 Å². The van der Waals surface area contributed by atoms with Gasteiger partial charge in [-0.15, -0.1) is 0 Å². The molecule has 1 heterocycles. The number of likely N-dealkylation sites (tertiary alicyclic amines) is 1. The number of nitrogens with zero attached hydrogens (tertiary/aromatic N) is 1. The number of piperidine rings is 1. The Balaban J connectivity index is 2.28. The van der Waals surface area contributed by atoms with Crippen molar-refractivity contribution in [3.05, 3.63) is 0 Å². The van der Waals surface area contributed by atoms with Gasteiger partial charge in [0.05, 0.1) is 0 Å². The van der Waals surface area contributed by atoms with Gasteiger partial charge >= 0.3 is 0 Å². The second kappa shape index (κ2) is 4.86. The molecule has 1 aliphatic rings. The molecule has 0 bridgehead atoms. The van der Waals surface area contributed by atoms with Gasteiger partial charge in [-0.2, -0.15) is 0 Å². The highest BCUT2D eigenvalue weighted by molar-refractivity contribution is 4.75. The Labute approximate surface area is 77.1 Å². The van der Waals surface area contributed by atoms with Gasteiger partial charge in [-0.1, -0.05) is 26.7 Å². The van der Waals surface area contributed by atoms with Crippen molar-refractivity contribution >= 4 is 0 Å². The van der Waals surface area contributed by atoms with Gasteiger partial charge in [-0.05, 0) is 38.8 Å². The third-order valence-corrected chi connectivity index (χ3v) is 3.29. The molecule has 2 unspecified atom stereocenters. The third-order valence-electron chi connectivity index (χ3n) is 3.29. The van der Waals surface area contributed by atoms with Crippen LogP contribution in [0.3, 0.4) is 0 Å². The minimum Gasteiger partial charge on any atom is -0.303 e. The van der Waals surface area contributed by atoms with Gasteiger partial charge in [-0.25, -0.2) is 0 Å². The zero-order valence-electron chi connectivity index (χ0n) is 8.84. The Hall–Kier alpha value is -0.0400. The first-order valence-corrected chi connectivity index (χ1v) is 5.44. The predicted molar refractivity (Wildman–Crippen MR) is 54.3 cm³/mol. The van der Waals surface area contributed by atoms with Crippen LogP contribution in [0.5, 0.6) is 0 Å². The quantitative estimate of drug-likeness (QED) is 0.628. The van der Waals surface area contributed by atoms with Crippen molar-refractivity contribution in [2.75, 3.05) is 13.6 Å². The lowest BCUT2D eigenvalue weighted by Crippen LogP contribution is -2.37. The maximum Gasteiger partial charge on any atom is 0.00947 e. The Bertz CT molecular complexity index is 122. The fourth-order valence-electron chi connectivity index (χ4n) is 2.07. The summed E-state index contributed by atoms with van der Waals surface area (Å²) in [5, 5.41) is 0. The normalized spacial score (nSPS) is 28.8. The van der Waals surface area contributed by atoms with Gasteiger partial charge in [0.1, 0.15) is 0 Å². The van der Waals surface area contributed by atoms with Crippen molar-refractivity contribution in [1.29, 1.82) is 0 Å². The molecule has 1 aliphatic heterocycles. The summed E-state index contributed by atoms with van der Waals surface area (Å²) in [6.07, 6.45) is 7.04. The van der Waals surface area contributed by atoms with E-state index in [0.29, 0.717) is 0 Å². The van der Waals surface area contributed by atoms with Gasteiger partial charge in [0.15, 0.2) is 0 Å². The first-order valence-electron chi connectivity index (χ1n) is 5.44. The summed E-state index contributed by atoms with van der Waals surface area (Å²) in [6, 6.07) is 0.883. The smallest absolute Gasteiger partial charge is 0.00947 e. The van der Waals surface area contributed by atoms with E-state index in [1.54, 1.807) is 0 Å². The average Bonchev–Trinajstić information content (AvgIpc) is 2.09. The molecule has 1 nitrogen and oxygen atoms in total. The molecule has 0 aromatic rings. The van der Waals surface area contributed by atoms with Gasteiger partial charge in [0.2, 0.25) is 0 Å². The molecule has 12 heavy (non-hydrogen) atoms. The van der Waals surface area contributed by atoms with E-state index in [9.17, 15) is 0 Å². The summed E-state index contributed by atoms with van der Waals surface area (Å²) in [5.41, 5.74) is 0. The number of rotatable bonds is 3. The largest absolute Gasteiger partial charge is 0.303 e. The molecule has 1 heteroatoms. The Morgan fingerprint density at radius 3 is 2.75 bits per heavy atom. The van der Waals surface area contributed by atoms with Crippen LogP contribution in [-0.4, -0.2) is 24.5 Å². The van der Waals surface area contributed by atoms with E-state index in [0.717, 1.165) is 12.0 Å². The summed E-state index contributed by atoms with van der Waals surface area (Å²) in [5.74, 6) is 0.913. The second-order valence-electron chi connectivity index (χ2n) is 4.38. The fourth-order valence-corrected chi connectivity index (χ4v) is 2.07. The first-order chi connectivity index (χ1) is 5.74. The van der Waals surface area contributed by atoms with E-state index >= 15 is 0 Å². The van der Waals surface area contributed by atoms with Crippen LogP contribution in [0.25, 0.3) is 0 Å². The highest BCUT2D eigenvalue weighted by atomic mass is 15.1. The van der Waals surface area contributed by atoms with Gasteiger partial charge < -0.3 is 4.90 Å². The van der Waals surface area contributed by atoms with Crippen molar-refractivity contribution < 1.29 is 0 Å². The highest BCUT2D eigenvalue weighted by Crippen LogP contribution is 2.22. The summed E-state index contributed by atoms with van der Waals surface area (Å²) in [4.78, 5) is 2.55. The molecule has 0 aromatic heterocycles. The van der Waals surface area contributed by atoms with Gasteiger partial charge in [0, 0.05) is 6.04 Å².